The van der Waals surface area contributed by atoms with E-state index >= 15 is 0 Å². The fraction of sp³-hybridized carbons (Fsp3) is 0.500. The molecule has 0 saturated heterocycles. The molecule has 0 radical (unpaired) electrons. The van der Waals surface area contributed by atoms with E-state index in [2.05, 4.69) is 6.92 Å². The van der Waals surface area contributed by atoms with Gasteiger partial charge in [-0.3, -0.25) is 0 Å². The average molecular weight is 270 g/mol. The molecule has 0 fully saturated rings. The van der Waals surface area contributed by atoms with Gasteiger partial charge >= 0.3 is 6.18 Å². The molecule has 2 nitrogen and oxygen atoms in total. The van der Waals surface area contributed by atoms with E-state index in [0.29, 0.717) is 12.2 Å². The van der Waals surface area contributed by atoms with Crippen LogP contribution in [0.15, 0.2) is 18.2 Å². The van der Waals surface area contributed by atoms with Crippen LogP contribution in [0.4, 0.5) is 18.9 Å². The number of nitrogens with zero attached hydrogens (tertiary/aromatic N) is 2. The second-order valence-corrected chi connectivity index (χ2v) is 4.27. The summed E-state index contributed by atoms with van der Waals surface area (Å²) >= 11 is 0. The van der Waals surface area contributed by atoms with Crippen molar-refractivity contribution >= 4 is 5.69 Å². The molecule has 0 aliphatic heterocycles. The van der Waals surface area contributed by atoms with Crippen LogP contribution in [0.1, 0.15) is 37.8 Å². The molecular weight excluding hydrogens is 253 g/mol. The standard InChI is InChI=1S/C14H17F3N2/c1-3-5-8-19(4-2)12-6-7-13(14(15,16)17)11(9-12)10-18/h6-7,9H,3-5,8H2,1-2H3. The van der Waals surface area contributed by atoms with Crippen LogP contribution in [0.5, 0.6) is 0 Å². The van der Waals surface area contributed by atoms with Crippen molar-refractivity contribution in [3.63, 3.8) is 0 Å². The van der Waals surface area contributed by atoms with Crippen LogP contribution in [-0.4, -0.2) is 13.1 Å². The number of unbranched alkanes of at least 4 members (excludes halogenated alkanes) is 1. The Balaban J connectivity index is 3.09. The molecule has 5 heteroatoms. The molecule has 0 heterocycles. The van der Waals surface area contributed by atoms with Crippen LogP contribution < -0.4 is 4.90 Å². The van der Waals surface area contributed by atoms with E-state index < -0.39 is 11.7 Å². The van der Waals surface area contributed by atoms with Gasteiger partial charge in [0.2, 0.25) is 0 Å². The lowest BCUT2D eigenvalue weighted by Gasteiger charge is -2.23. The molecule has 1 rings (SSSR count). The van der Waals surface area contributed by atoms with Gasteiger partial charge < -0.3 is 4.90 Å². The number of alkyl halides is 3. The number of hydrogen-bond donors (Lipinski definition) is 0. The fourth-order valence-corrected chi connectivity index (χ4v) is 1.89. The molecule has 1 aromatic rings. The van der Waals surface area contributed by atoms with Crippen LogP contribution in [0.2, 0.25) is 0 Å². The van der Waals surface area contributed by atoms with Crippen molar-refractivity contribution < 1.29 is 13.2 Å². The Morgan fingerprint density at radius 2 is 1.95 bits per heavy atom. The van der Waals surface area contributed by atoms with Gasteiger partial charge in [0.1, 0.15) is 0 Å². The quantitative estimate of drug-likeness (QED) is 0.801. The number of anilines is 1. The zero-order valence-electron chi connectivity index (χ0n) is 11.1. The van der Waals surface area contributed by atoms with Gasteiger partial charge in [0, 0.05) is 18.8 Å². The maximum Gasteiger partial charge on any atom is 0.417 e. The molecule has 1 aromatic carbocycles. The Hall–Kier alpha value is -1.70. The molecular formula is C14H17F3N2. The van der Waals surface area contributed by atoms with E-state index in [1.807, 2.05) is 11.8 Å². The summed E-state index contributed by atoms with van der Waals surface area (Å²) < 4.78 is 38.1. The van der Waals surface area contributed by atoms with Gasteiger partial charge in [-0.05, 0) is 31.5 Å². The number of hydrogen-bond acceptors (Lipinski definition) is 2. The highest BCUT2D eigenvalue weighted by Crippen LogP contribution is 2.33. The predicted octanol–water partition coefficient (Wildman–Crippen LogP) is 4.20. The van der Waals surface area contributed by atoms with Crippen molar-refractivity contribution in [2.75, 3.05) is 18.0 Å². The van der Waals surface area contributed by atoms with Crippen LogP contribution in [0, 0.1) is 11.3 Å². The molecule has 0 saturated carbocycles. The normalized spacial score (nSPS) is 11.2. The predicted molar refractivity (Wildman–Crippen MR) is 69.0 cm³/mol. The highest BCUT2D eigenvalue weighted by Gasteiger charge is 2.33. The molecule has 19 heavy (non-hydrogen) atoms. The molecule has 0 aromatic heterocycles. The zero-order valence-corrected chi connectivity index (χ0v) is 11.1. The Morgan fingerprint density at radius 3 is 2.42 bits per heavy atom. The topological polar surface area (TPSA) is 27.0 Å². The van der Waals surface area contributed by atoms with Gasteiger partial charge in [-0.2, -0.15) is 18.4 Å². The minimum absolute atomic E-state index is 0.319. The lowest BCUT2D eigenvalue weighted by atomic mass is 10.1. The van der Waals surface area contributed by atoms with Crippen LogP contribution in [-0.2, 0) is 6.18 Å². The Labute approximate surface area is 111 Å². The molecule has 104 valence electrons. The highest BCUT2D eigenvalue weighted by molar-refractivity contribution is 5.55. The number of benzene rings is 1. The summed E-state index contributed by atoms with van der Waals surface area (Å²) in [7, 11) is 0. The van der Waals surface area contributed by atoms with Gasteiger partial charge in [-0.15, -0.1) is 0 Å². The molecule has 0 N–H and O–H groups in total. The maximum absolute atomic E-state index is 12.7. The van der Waals surface area contributed by atoms with Crippen molar-refractivity contribution in [2.24, 2.45) is 0 Å². The molecule has 0 amide bonds. The number of halogens is 3. The highest BCUT2D eigenvalue weighted by atomic mass is 19.4. The monoisotopic (exact) mass is 270 g/mol. The van der Waals surface area contributed by atoms with E-state index in [1.54, 1.807) is 6.07 Å². The number of rotatable bonds is 5. The third-order valence-electron chi connectivity index (χ3n) is 2.96. The van der Waals surface area contributed by atoms with Gasteiger partial charge in [0.15, 0.2) is 0 Å². The molecule has 0 unspecified atom stereocenters. The second-order valence-electron chi connectivity index (χ2n) is 4.27. The summed E-state index contributed by atoms with van der Waals surface area (Å²) in [6, 6.07) is 5.37. The third-order valence-corrected chi connectivity index (χ3v) is 2.96. The van der Waals surface area contributed by atoms with Gasteiger partial charge in [0.05, 0.1) is 17.2 Å². The van der Waals surface area contributed by atoms with Crippen LogP contribution >= 0.6 is 0 Å². The summed E-state index contributed by atoms with van der Waals surface area (Å²) in [5.41, 5.74) is -0.522. The van der Waals surface area contributed by atoms with Gasteiger partial charge in [0.25, 0.3) is 0 Å². The summed E-state index contributed by atoms with van der Waals surface area (Å²) in [6.45, 7) is 5.49. The van der Waals surface area contributed by atoms with Crippen LogP contribution in [0.3, 0.4) is 0 Å². The van der Waals surface area contributed by atoms with Gasteiger partial charge in [-0.25, -0.2) is 0 Å². The van der Waals surface area contributed by atoms with E-state index in [-0.39, 0.29) is 5.56 Å². The summed E-state index contributed by atoms with van der Waals surface area (Å²) in [5.74, 6) is 0. The second kappa shape index (κ2) is 6.46. The molecule has 0 aliphatic rings. The molecule has 0 aliphatic carbocycles. The zero-order chi connectivity index (χ0) is 14.5. The number of nitriles is 1. The molecule has 0 spiro atoms. The SMILES string of the molecule is CCCCN(CC)c1ccc(C(F)(F)F)c(C#N)c1. The average Bonchev–Trinajstić information content (AvgIpc) is 2.38. The Bertz CT molecular complexity index is 461. The minimum atomic E-state index is -4.48. The first-order valence-corrected chi connectivity index (χ1v) is 6.30. The van der Waals surface area contributed by atoms with Crippen molar-refractivity contribution in [1.29, 1.82) is 5.26 Å². The third kappa shape index (κ3) is 3.88. The lowest BCUT2D eigenvalue weighted by molar-refractivity contribution is -0.137. The first-order valence-electron chi connectivity index (χ1n) is 6.30. The van der Waals surface area contributed by atoms with Crippen molar-refractivity contribution in [3.8, 4) is 6.07 Å². The summed E-state index contributed by atoms with van der Waals surface area (Å²) in [4.78, 5) is 1.98. The van der Waals surface area contributed by atoms with E-state index in [0.717, 1.165) is 25.5 Å². The van der Waals surface area contributed by atoms with Gasteiger partial charge in [-0.1, -0.05) is 13.3 Å². The summed E-state index contributed by atoms with van der Waals surface area (Å²) in [5, 5.41) is 8.87. The molecule has 0 bridgehead atoms. The van der Waals surface area contributed by atoms with E-state index in [9.17, 15) is 13.2 Å². The maximum atomic E-state index is 12.7. The smallest absolute Gasteiger partial charge is 0.372 e. The van der Waals surface area contributed by atoms with Crippen molar-refractivity contribution in [1.82, 2.24) is 0 Å². The Kier molecular flexibility index (Phi) is 5.22. The van der Waals surface area contributed by atoms with Crippen molar-refractivity contribution in [2.45, 2.75) is 32.9 Å². The first-order chi connectivity index (χ1) is 8.93. The largest absolute Gasteiger partial charge is 0.417 e. The van der Waals surface area contributed by atoms with Crippen molar-refractivity contribution in [3.05, 3.63) is 29.3 Å². The Morgan fingerprint density at radius 1 is 1.26 bits per heavy atom. The van der Waals surface area contributed by atoms with E-state index in [1.165, 1.54) is 12.1 Å². The molecule has 0 atom stereocenters. The van der Waals surface area contributed by atoms with E-state index in [4.69, 9.17) is 5.26 Å². The first kappa shape index (κ1) is 15.4. The van der Waals surface area contributed by atoms with Crippen LogP contribution in [0.25, 0.3) is 0 Å². The minimum Gasteiger partial charge on any atom is -0.372 e. The lowest BCUT2D eigenvalue weighted by Crippen LogP contribution is -2.24. The summed E-state index contributed by atoms with van der Waals surface area (Å²) in [6.07, 6.45) is -2.50. The fourth-order valence-electron chi connectivity index (χ4n) is 1.89.